The summed E-state index contributed by atoms with van der Waals surface area (Å²) in [6.07, 6.45) is 1.78. The van der Waals surface area contributed by atoms with Crippen molar-refractivity contribution < 1.29 is 4.52 Å². The van der Waals surface area contributed by atoms with Gasteiger partial charge in [0.25, 0.3) is 0 Å². The van der Waals surface area contributed by atoms with Gasteiger partial charge in [-0.15, -0.1) is 6.58 Å². The molecule has 0 aromatic carbocycles. The van der Waals surface area contributed by atoms with Crippen molar-refractivity contribution >= 4 is 5.96 Å². The van der Waals surface area contributed by atoms with Crippen LogP contribution >= 0.6 is 0 Å². The van der Waals surface area contributed by atoms with E-state index in [1.54, 1.807) is 13.1 Å². The van der Waals surface area contributed by atoms with Crippen molar-refractivity contribution in [2.24, 2.45) is 4.99 Å². The average molecular weight is 222 g/mol. The largest absolute Gasteiger partial charge is 0.361 e. The summed E-state index contributed by atoms with van der Waals surface area (Å²) >= 11 is 0. The van der Waals surface area contributed by atoms with E-state index >= 15 is 0 Å². The Morgan fingerprint density at radius 1 is 1.50 bits per heavy atom. The molecule has 5 heteroatoms. The second-order valence-electron chi connectivity index (χ2n) is 3.40. The second-order valence-corrected chi connectivity index (χ2v) is 3.40. The standard InChI is InChI=1S/C11H18N4O/c1-5-6-13-11(12-4)14-7-10-8(2)15-16-9(10)3/h5H,1,6-7H2,2-4H3,(H2,12,13,14). The van der Waals surface area contributed by atoms with Crippen LogP contribution in [0.5, 0.6) is 0 Å². The fourth-order valence-corrected chi connectivity index (χ4v) is 1.32. The van der Waals surface area contributed by atoms with E-state index in [4.69, 9.17) is 4.52 Å². The molecule has 1 aromatic heterocycles. The quantitative estimate of drug-likeness (QED) is 0.455. The van der Waals surface area contributed by atoms with E-state index < -0.39 is 0 Å². The first kappa shape index (κ1) is 12.3. The molecule has 0 aliphatic carbocycles. The predicted molar refractivity (Wildman–Crippen MR) is 64.4 cm³/mol. The van der Waals surface area contributed by atoms with Gasteiger partial charge < -0.3 is 15.2 Å². The lowest BCUT2D eigenvalue weighted by Crippen LogP contribution is -2.36. The number of hydrogen-bond donors (Lipinski definition) is 2. The fraction of sp³-hybridized carbons (Fsp3) is 0.455. The summed E-state index contributed by atoms with van der Waals surface area (Å²) < 4.78 is 5.08. The summed E-state index contributed by atoms with van der Waals surface area (Å²) in [5.74, 6) is 1.57. The smallest absolute Gasteiger partial charge is 0.191 e. The highest BCUT2D eigenvalue weighted by Crippen LogP contribution is 2.11. The lowest BCUT2D eigenvalue weighted by Gasteiger charge is -2.09. The molecule has 0 saturated carbocycles. The topological polar surface area (TPSA) is 62.5 Å². The van der Waals surface area contributed by atoms with E-state index in [1.807, 2.05) is 13.8 Å². The molecule has 0 fully saturated rings. The van der Waals surface area contributed by atoms with Crippen LogP contribution in [0.1, 0.15) is 17.0 Å². The van der Waals surface area contributed by atoms with Crippen molar-refractivity contribution in [2.45, 2.75) is 20.4 Å². The molecule has 0 aliphatic rings. The van der Waals surface area contributed by atoms with Crippen molar-refractivity contribution in [1.82, 2.24) is 15.8 Å². The number of aromatic nitrogens is 1. The van der Waals surface area contributed by atoms with Crippen molar-refractivity contribution in [3.05, 3.63) is 29.7 Å². The zero-order valence-electron chi connectivity index (χ0n) is 10.0. The zero-order chi connectivity index (χ0) is 12.0. The van der Waals surface area contributed by atoms with Gasteiger partial charge in [0, 0.05) is 25.7 Å². The number of aryl methyl sites for hydroxylation is 2. The van der Waals surface area contributed by atoms with E-state index in [-0.39, 0.29) is 0 Å². The Bertz CT molecular complexity index is 362. The third kappa shape index (κ3) is 3.12. The maximum absolute atomic E-state index is 5.08. The van der Waals surface area contributed by atoms with Crippen LogP contribution in [-0.2, 0) is 6.54 Å². The summed E-state index contributed by atoms with van der Waals surface area (Å²) in [5, 5.41) is 10.2. The molecule has 1 heterocycles. The van der Waals surface area contributed by atoms with Crippen LogP contribution in [0.25, 0.3) is 0 Å². The molecular formula is C11H18N4O. The molecule has 0 atom stereocenters. The summed E-state index contributed by atoms with van der Waals surface area (Å²) in [6, 6.07) is 0. The highest BCUT2D eigenvalue weighted by atomic mass is 16.5. The van der Waals surface area contributed by atoms with Crippen LogP contribution < -0.4 is 10.6 Å². The first-order valence-corrected chi connectivity index (χ1v) is 5.16. The molecule has 88 valence electrons. The van der Waals surface area contributed by atoms with Crippen LogP contribution in [0.4, 0.5) is 0 Å². The first-order chi connectivity index (χ1) is 7.69. The van der Waals surface area contributed by atoms with Crippen LogP contribution in [0.15, 0.2) is 22.2 Å². The molecular weight excluding hydrogens is 204 g/mol. The third-order valence-corrected chi connectivity index (χ3v) is 2.25. The lowest BCUT2D eigenvalue weighted by molar-refractivity contribution is 0.392. The molecule has 0 saturated heterocycles. The van der Waals surface area contributed by atoms with E-state index in [9.17, 15) is 0 Å². The van der Waals surface area contributed by atoms with Crippen molar-refractivity contribution in [3.8, 4) is 0 Å². The third-order valence-electron chi connectivity index (χ3n) is 2.25. The van der Waals surface area contributed by atoms with Gasteiger partial charge in [-0.3, -0.25) is 4.99 Å². The lowest BCUT2D eigenvalue weighted by atomic mass is 10.2. The Kier molecular flexibility index (Phi) is 4.57. The monoisotopic (exact) mass is 222 g/mol. The van der Waals surface area contributed by atoms with Crippen LogP contribution in [0, 0.1) is 13.8 Å². The van der Waals surface area contributed by atoms with Crippen molar-refractivity contribution in [1.29, 1.82) is 0 Å². The minimum Gasteiger partial charge on any atom is -0.361 e. The molecule has 1 rings (SSSR count). The molecule has 0 amide bonds. The number of rotatable bonds is 4. The maximum atomic E-state index is 5.08. The van der Waals surface area contributed by atoms with Gasteiger partial charge in [0.05, 0.1) is 5.69 Å². The molecule has 5 nitrogen and oxygen atoms in total. The SMILES string of the molecule is C=CCNC(=NC)NCc1c(C)noc1C. The number of nitrogens with zero attached hydrogens (tertiary/aromatic N) is 2. The molecule has 0 unspecified atom stereocenters. The van der Waals surface area contributed by atoms with Gasteiger partial charge in [-0.25, -0.2) is 0 Å². The molecule has 0 radical (unpaired) electrons. The molecule has 1 aromatic rings. The average Bonchev–Trinajstić information content (AvgIpc) is 2.60. The summed E-state index contributed by atoms with van der Waals surface area (Å²) in [7, 11) is 1.73. The molecule has 0 bridgehead atoms. The number of aliphatic imine (C=N–C) groups is 1. The minimum atomic E-state index is 0.651. The zero-order valence-corrected chi connectivity index (χ0v) is 10.0. The first-order valence-electron chi connectivity index (χ1n) is 5.16. The van der Waals surface area contributed by atoms with Crippen molar-refractivity contribution in [2.75, 3.05) is 13.6 Å². The Morgan fingerprint density at radius 2 is 2.25 bits per heavy atom. The number of nitrogens with one attached hydrogen (secondary N) is 2. The van der Waals surface area contributed by atoms with Crippen LogP contribution in [-0.4, -0.2) is 24.7 Å². The fourth-order valence-electron chi connectivity index (χ4n) is 1.32. The summed E-state index contributed by atoms with van der Waals surface area (Å²) in [6.45, 7) is 8.79. The molecule has 2 N–H and O–H groups in total. The van der Waals surface area contributed by atoms with Gasteiger partial charge in [0.2, 0.25) is 0 Å². The van der Waals surface area contributed by atoms with E-state index in [1.165, 1.54) is 0 Å². The Labute approximate surface area is 95.6 Å². The van der Waals surface area contributed by atoms with Gasteiger partial charge in [0.15, 0.2) is 5.96 Å². The highest BCUT2D eigenvalue weighted by molar-refractivity contribution is 5.79. The Balaban J connectivity index is 2.53. The molecule has 0 spiro atoms. The minimum absolute atomic E-state index is 0.651. The summed E-state index contributed by atoms with van der Waals surface area (Å²) in [5.41, 5.74) is 1.98. The van der Waals surface area contributed by atoms with Crippen molar-refractivity contribution in [3.63, 3.8) is 0 Å². The predicted octanol–water partition coefficient (Wildman–Crippen LogP) is 1.14. The second kappa shape index (κ2) is 5.95. The Morgan fingerprint density at radius 3 is 2.75 bits per heavy atom. The number of hydrogen-bond acceptors (Lipinski definition) is 3. The van der Waals surface area contributed by atoms with Crippen LogP contribution in [0.2, 0.25) is 0 Å². The van der Waals surface area contributed by atoms with Gasteiger partial charge in [-0.2, -0.15) is 0 Å². The summed E-state index contributed by atoms with van der Waals surface area (Å²) in [4.78, 5) is 4.08. The van der Waals surface area contributed by atoms with Gasteiger partial charge in [0.1, 0.15) is 5.76 Å². The van der Waals surface area contributed by atoms with E-state index in [2.05, 4.69) is 27.4 Å². The van der Waals surface area contributed by atoms with E-state index in [0.717, 1.165) is 23.0 Å². The number of guanidine groups is 1. The van der Waals surface area contributed by atoms with Crippen LogP contribution in [0.3, 0.4) is 0 Å². The Hall–Kier alpha value is -1.78. The normalized spacial score (nSPS) is 11.3. The maximum Gasteiger partial charge on any atom is 0.191 e. The van der Waals surface area contributed by atoms with E-state index in [0.29, 0.717) is 13.1 Å². The molecule has 16 heavy (non-hydrogen) atoms. The molecule has 0 aliphatic heterocycles. The van der Waals surface area contributed by atoms with Gasteiger partial charge in [-0.1, -0.05) is 11.2 Å². The van der Waals surface area contributed by atoms with Gasteiger partial charge >= 0.3 is 0 Å². The highest BCUT2D eigenvalue weighted by Gasteiger charge is 2.08. The van der Waals surface area contributed by atoms with Gasteiger partial charge in [-0.05, 0) is 13.8 Å².